The third-order valence-corrected chi connectivity index (χ3v) is 3.70. The van der Waals surface area contributed by atoms with Gasteiger partial charge in [-0.25, -0.2) is 0 Å². The maximum absolute atomic E-state index is 11.9. The highest BCUT2D eigenvalue weighted by molar-refractivity contribution is 9.10. The Balaban J connectivity index is 2.15. The summed E-state index contributed by atoms with van der Waals surface area (Å²) in [5.74, 6) is 0.843. The molecule has 110 valence electrons. The molecule has 0 saturated heterocycles. The summed E-state index contributed by atoms with van der Waals surface area (Å²) in [4.78, 5) is 11.9. The van der Waals surface area contributed by atoms with Crippen LogP contribution in [0, 0.1) is 6.92 Å². The lowest BCUT2D eigenvalue weighted by Gasteiger charge is -2.13. The van der Waals surface area contributed by atoms with Crippen LogP contribution >= 0.6 is 15.9 Å². The van der Waals surface area contributed by atoms with Gasteiger partial charge in [0.05, 0.1) is 11.0 Å². The number of rotatable bonds is 6. The zero-order valence-corrected chi connectivity index (χ0v) is 13.7. The van der Waals surface area contributed by atoms with E-state index in [0.717, 1.165) is 21.3 Å². The van der Waals surface area contributed by atoms with Gasteiger partial charge in [0.2, 0.25) is 0 Å². The number of nitrogens with one attached hydrogen (secondary N) is 1. The van der Waals surface area contributed by atoms with Crippen molar-refractivity contribution in [3.63, 3.8) is 0 Å². The highest BCUT2D eigenvalue weighted by Gasteiger charge is 2.12. The molecule has 0 radical (unpaired) electrons. The first-order valence-corrected chi connectivity index (χ1v) is 7.55. The molecule has 1 N–H and O–H groups in total. The highest BCUT2D eigenvalue weighted by atomic mass is 79.9. The number of ketones is 1. The van der Waals surface area contributed by atoms with Crippen molar-refractivity contribution in [3.05, 3.63) is 63.6 Å². The molecule has 0 saturated carbocycles. The molecule has 0 spiro atoms. The van der Waals surface area contributed by atoms with E-state index in [-0.39, 0.29) is 5.78 Å². The molecule has 0 unspecified atom stereocenters. The summed E-state index contributed by atoms with van der Waals surface area (Å²) in [6, 6.07) is 13.7. The Hall–Kier alpha value is -1.65. The molecule has 0 amide bonds. The van der Waals surface area contributed by atoms with E-state index in [2.05, 4.69) is 21.2 Å². The number of Topliss-reactive ketones (excluding diaryl/α,β-unsaturated/α-hetero) is 1. The number of carbonyl (C=O) groups is 1. The number of hydrogen-bond acceptors (Lipinski definition) is 3. The van der Waals surface area contributed by atoms with Crippen molar-refractivity contribution in [1.82, 2.24) is 5.32 Å². The number of carbonyl (C=O) groups excluding carboxylic acids is 1. The van der Waals surface area contributed by atoms with E-state index in [4.69, 9.17) is 4.74 Å². The number of halogens is 1. The summed E-state index contributed by atoms with van der Waals surface area (Å²) in [5.41, 5.74) is 2.74. The van der Waals surface area contributed by atoms with E-state index >= 15 is 0 Å². The standard InChI is InChI=1S/C17H18BrNO2/c1-12-8-14(16(20)10-19-2)9-15(18)17(12)21-11-13-6-4-3-5-7-13/h3-9,19H,10-11H2,1-2H3. The van der Waals surface area contributed by atoms with Gasteiger partial charge in [0.15, 0.2) is 5.78 Å². The van der Waals surface area contributed by atoms with Gasteiger partial charge in [-0.1, -0.05) is 30.3 Å². The summed E-state index contributed by atoms with van der Waals surface area (Å²) in [5, 5.41) is 2.87. The second-order valence-electron chi connectivity index (χ2n) is 4.83. The molecular formula is C17H18BrNO2. The molecular weight excluding hydrogens is 330 g/mol. The van der Waals surface area contributed by atoms with Crippen LogP contribution in [0.25, 0.3) is 0 Å². The Morgan fingerprint density at radius 3 is 2.57 bits per heavy atom. The second-order valence-corrected chi connectivity index (χ2v) is 5.69. The summed E-state index contributed by atoms with van der Waals surface area (Å²) in [6.45, 7) is 2.78. The molecule has 0 heterocycles. The van der Waals surface area contributed by atoms with Gasteiger partial charge in [0.25, 0.3) is 0 Å². The third-order valence-electron chi connectivity index (χ3n) is 3.11. The molecule has 0 aliphatic heterocycles. The SMILES string of the molecule is CNCC(=O)c1cc(C)c(OCc2ccccc2)c(Br)c1. The third kappa shape index (κ3) is 4.16. The molecule has 0 aliphatic rings. The fourth-order valence-electron chi connectivity index (χ4n) is 2.07. The zero-order valence-electron chi connectivity index (χ0n) is 12.2. The average Bonchev–Trinajstić information content (AvgIpc) is 2.47. The van der Waals surface area contributed by atoms with Crippen LogP contribution in [0.3, 0.4) is 0 Å². The zero-order chi connectivity index (χ0) is 15.2. The molecule has 2 rings (SSSR count). The van der Waals surface area contributed by atoms with Crippen LogP contribution in [-0.2, 0) is 6.61 Å². The van der Waals surface area contributed by atoms with Crippen molar-refractivity contribution in [3.8, 4) is 5.75 Å². The Bertz CT molecular complexity index is 603. The molecule has 0 bridgehead atoms. The lowest BCUT2D eigenvalue weighted by molar-refractivity contribution is 0.0993. The normalized spacial score (nSPS) is 10.4. The number of benzene rings is 2. The number of hydrogen-bond donors (Lipinski definition) is 1. The summed E-state index contributed by atoms with van der Waals surface area (Å²) >= 11 is 3.49. The van der Waals surface area contributed by atoms with Crippen LogP contribution in [0.2, 0.25) is 0 Å². The summed E-state index contributed by atoms with van der Waals surface area (Å²) in [6.07, 6.45) is 0. The molecule has 0 aromatic heterocycles. The van der Waals surface area contributed by atoms with Crippen molar-refractivity contribution in [2.75, 3.05) is 13.6 Å². The number of likely N-dealkylation sites (N-methyl/N-ethyl adjacent to an activating group) is 1. The van der Waals surface area contributed by atoms with E-state index < -0.39 is 0 Å². The quantitative estimate of drug-likeness (QED) is 0.809. The molecule has 0 aliphatic carbocycles. The van der Waals surface area contributed by atoms with Crippen LogP contribution in [0.15, 0.2) is 46.9 Å². The maximum atomic E-state index is 11.9. The highest BCUT2D eigenvalue weighted by Crippen LogP contribution is 2.31. The largest absolute Gasteiger partial charge is 0.487 e. The fraction of sp³-hybridized carbons (Fsp3) is 0.235. The predicted octanol–water partition coefficient (Wildman–Crippen LogP) is 3.74. The van der Waals surface area contributed by atoms with Crippen LogP contribution in [0.1, 0.15) is 21.5 Å². The molecule has 2 aromatic carbocycles. The lowest BCUT2D eigenvalue weighted by Crippen LogP contribution is -2.18. The van der Waals surface area contributed by atoms with Gasteiger partial charge < -0.3 is 10.1 Å². The van der Waals surface area contributed by atoms with Crippen molar-refractivity contribution >= 4 is 21.7 Å². The number of ether oxygens (including phenoxy) is 1. The van der Waals surface area contributed by atoms with Gasteiger partial charge in [-0.05, 0) is 53.2 Å². The average molecular weight is 348 g/mol. The Kier molecular flexibility index (Phi) is 5.53. The van der Waals surface area contributed by atoms with Gasteiger partial charge in [-0.3, -0.25) is 4.79 Å². The smallest absolute Gasteiger partial charge is 0.176 e. The molecule has 3 nitrogen and oxygen atoms in total. The van der Waals surface area contributed by atoms with Gasteiger partial charge in [0, 0.05) is 5.56 Å². The van der Waals surface area contributed by atoms with Crippen molar-refractivity contribution in [1.29, 1.82) is 0 Å². The Morgan fingerprint density at radius 2 is 1.95 bits per heavy atom. The first kappa shape index (κ1) is 15.7. The maximum Gasteiger partial charge on any atom is 0.176 e. The van der Waals surface area contributed by atoms with Crippen molar-refractivity contribution < 1.29 is 9.53 Å². The first-order chi connectivity index (χ1) is 10.1. The molecule has 2 aromatic rings. The summed E-state index contributed by atoms with van der Waals surface area (Å²) in [7, 11) is 1.76. The topological polar surface area (TPSA) is 38.3 Å². The van der Waals surface area contributed by atoms with E-state index in [0.29, 0.717) is 18.7 Å². The molecule has 21 heavy (non-hydrogen) atoms. The van der Waals surface area contributed by atoms with E-state index in [1.54, 1.807) is 7.05 Å². The second kappa shape index (κ2) is 7.38. The number of aryl methyl sites for hydroxylation is 1. The fourth-order valence-corrected chi connectivity index (χ4v) is 2.74. The molecule has 4 heteroatoms. The van der Waals surface area contributed by atoms with Crippen molar-refractivity contribution in [2.45, 2.75) is 13.5 Å². The minimum atomic E-state index is 0.0657. The first-order valence-electron chi connectivity index (χ1n) is 6.76. The van der Waals surface area contributed by atoms with Crippen LogP contribution in [0.4, 0.5) is 0 Å². The monoisotopic (exact) mass is 347 g/mol. The van der Waals surface area contributed by atoms with Gasteiger partial charge in [0.1, 0.15) is 12.4 Å². The van der Waals surface area contributed by atoms with Gasteiger partial charge in [-0.2, -0.15) is 0 Å². The predicted molar refractivity (Wildman–Crippen MR) is 87.9 cm³/mol. The minimum absolute atomic E-state index is 0.0657. The van der Waals surface area contributed by atoms with Crippen LogP contribution < -0.4 is 10.1 Å². The van der Waals surface area contributed by atoms with E-state index in [1.165, 1.54) is 0 Å². The van der Waals surface area contributed by atoms with Gasteiger partial charge >= 0.3 is 0 Å². The van der Waals surface area contributed by atoms with Crippen LogP contribution in [-0.4, -0.2) is 19.4 Å². The van der Waals surface area contributed by atoms with Crippen molar-refractivity contribution in [2.24, 2.45) is 0 Å². The Labute approximate surface area is 133 Å². The van der Waals surface area contributed by atoms with Crippen LogP contribution in [0.5, 0.6) is 5.75 Å². The molecule has 0 atom stereocenters. The van der Waals surface area contributed by atoms with Gasteiger partial charge in [-0.15, -0.1) is 0 Å². The Morgan fingerprint density at radius 1 is 1.24 bits per heavy atom. The molecule has 0 fully saturated rings. The van der Waals surface area contributed by atoms with E-state index in [9.17, 15) is 4.79 Å². The minimum Gasteiger partial charge on any atom is -0.487 e. The lowest BCUT2D eigenvalue weighted by atomic mass is 10.1. The van der Waals surface area contributed by atoms with E-state index in [1.807, 2.05) is 49.4 Å². The summed E-state index contributed by atoms with van der Waals surface area (Å²) < 4.78 is 6.68.